The van der Waals surface area contributed by atoms with Gasteiger partial charge in [-0.3, -0.25) is 14.7 Å². The van der Waals surface area contributed by atoms with Gasteiger partial charge in [0.1, 0.15) is 6.04 Å². The zero-order valence-corrected chi connectivity index (χ0v) is 16.8. The van der Waals surface area contributed by atoms with Gasteiger partial charge in [0.2, 0.25) is 5.91 Å². The molecule has 1 heterocycles. The van der Waals surface area contributed by atoms with Gasteiger partial charge in [-0.05, 0) is 36.3 Å². The lowest BCUT2D eigenvalue weighted by Crippen LogP contribution is -2.49. The number of hydrogen-bond acceptors (Lipinski definition) is 4. The topological polar surface area (TPSA) is 91.8 Å². The summed E-state index contributed by atoms with van der Waals surface area (Å²) in [6.45, 7) is 3.86. The van der Waals surface area contributed by atoms with E-state index in [0.717, 1.165) is 0 Å². The minimum atomic E-state index is -0.735. The molecule has 0 aliphatic rings. The predicted molar refractivity (Wildman–Crippen MR) is 103 cm³/mol. The van der Waals surface area contributed by atoms with Crippen LogP contribution in [0.2, 0.25) is 10.0 Å². The average molecular weight is 416 g/mol. The van der Waals surface area contributed by atoms with Crippen molar-refractivity contribution in [3.8, 4) is 0 Å². The highest BCUT2D eigenvalue weighted by Gasteiger charge is 2.25. The van der Waals surface area contributed by atoms with Crippen LogP contribution in [0.25, 0.3) is 0 Å². The Morgan fingerprint density at radius 1 is 1.35 bits per heavy atom. The second kappa shape index (κ2) is 8.66. The van der Waals surface area contributed by atoms with E-state index in [1.165, 1.54) is 12.1 Å². The van der Waals surface area contributed by atoms with E-state index in [2.05, 4.69) is 20.8 Å². The number of nitrogens with one attached hydrogen (secondary N) is 3. The van der Waals surface area contributed by atoms with E-state index in [0.29, 0.717) is 15.6 Å². The number of halogens is 2. The summed E-state index contributed by atoms with van der Waals surface area (Å²) in [7, 11) is 1.75. The molecule has 0 saturated carbocycles. The molecule has 26 heavy (non-hydrogen) atoms. The Morgan fingerprint density at radius 3 is 2.58 bits per heavy atom. The Morgan fingerprint density at radius 2 is 2.04 bits per heavy atom. The van der Waals surface area contributed by atoms with Crippen LogP contribution in [0.1, 0.15) is 30.0 Å². The first-order valence-corrected chi connectivity index (χ1v) is 9.01. The smallest absolute Gasteiger partial charge is 0.253 e. The zero-order valence-electron chi connectivity index (χ0n) is 14.5. The monoisotopic (exact) mass is 415 g/mol. The summed E-state index contributed by atoms with van der Waals surface area (Å²) in [5.41, 5.74) is 0.254. The van der Waals surface area contributed by atoms with Crippen molar-refractivity contribution in [2.24, 2.45) is 13.0 Å². The van der Waals surface area contributed by atoms with Gasteiger partial charge < -0.3 is 15.2 Å². The van der Waals surface area contributed by atoms with E-state index in [4.69, 9.17) is 35.4 Å². The van der Waals surface area contributed by atoms with Gasteiger partial charge in [0.15, 0.2) is 10.6 Å². The second-order valence-electron chi connectivity index (χ2n) is 6.04. The minimum Gasteiger partial charge on any atom is -0.347 e. The molecule has 0 aliphatic carbocycles. The van der Waals surface area contributed by atoms with Crippen LogP contribution in [0.4, 0.5) is 0 Å². The van der Waals surface area contributed by atoms with E-state index in [9.17, 15) is 9.59 Å². The molecule has 1 aromatic heterocycles. The van der Waals surface area contributed by atoms with Gasteiger partial charge in [0.05, 0.1) is 17.1 Å². The van der Waals surface area contributed by atoms with Gasteiger partial charge in [-0.1, -0.05) is 37.0 Å². The molecule has 2 amide bonds. The van der Waals surface area contributed by atoms with Gasteiger partial charge in [-0.25, -0.2) is 0 Å². The van der Waals surface area contributed by atoms with E-state index in [1.807, 2.05) is 13.8 Å². The molecule has 0 aliphatic heterocycles. The first-order valence-electron chi connectivity index (χ1n) is 7.84. The van der Waals surface area contributed by atoms with Crippen molar-refractivity contribution in [1.29, 1.82) is 0 Å². The summed E-state index contributed by atoms with van der Waals surface area (Å²) in [6.07, 6.45) is 0. The number of rotatable bonds is 6. The first-order chi connectivity index (χ1) is 12.2. The lowest BCUT2D eigenvalue weighted by Gasteiger charge is -2.22. The van der Waals surface area contributed by atoms with Gasteiger partial charge in [0.25, 0.3) is 5.91 Å². The van der Waals surface area contributed by atoms with E-state index in [1.54, 1.807) is 17.7 Å². The fraction of sp³-hybridized carbons (Fsp3) is 0.375. The highest BCUT2D eigenvalue weighted by atomic mass is 35.5. The van der Waals surface area contributed by atoms with Crippen molar-refractivity contribution in [1.82, 2.24) is 25.4 Å². The summed E-state index contributed by atoms with van der Waals surface area (Å²) in [5, 5.41) is 12.8. The summed E-state index contributed by atoms with van der Waals surface area (Å²) in [6, 6.07) is 3.83. The highest BCUT2D eigenvalue weighted by molar-refractivity contribution is 7.71. The van der Waals surface area contributed by atoms with Crippen LogP contribution in [0.15, 0.2) is 18.2 Å². The minimum absolute atomic E-state index is 0.132. The lowest BCUT2D eigenvalue weighted by atomic mass is 10.0. The highest BCUT2D eigenvalue weighted by Crippen LogP contribution is 2.21. The molecule has 0 fully saturated rings. The molecule has 1 aromatic carbocycles. The number of aromatic amines is 1. The average Bonchev–Trinajstić information content (AvgIpc) is 2.88. The molecule has 2 aromatic rings. The Balaban J connectivity index is 2.07. The van der Waals surface area contributed by atoms with Crippen molar-refractivity contribution in [2.75, 3.05) is 0 Å². The van der Waals surface area contributed by atoms with Crippen LogP contribution < -0.4 is 10.6 Å². The van der Waals surface area contributed by atoms with Crippen LogP contribution in [0, 0.1) is 10.7 Å². The van der Waals surface area contributed by atoms with Crippen molar-refractivity contribution in [3.05, 3.63) is 44.4 Å². The Labute approximate surface area is 166 Å². The van der Waals surface area contributed by atoms with E-state index in [-0.39, 0.29) is 29.0 Å². The third kappa shape index (κ3) is 4.84. The van der Waals surface area contributed by atoms with Crippen LogP contribution in [-0.2, 0) is 18.4 Å². The Kier molecular flexibility index (Phi) is 6.80. The molecule has 3 N–H and O–H groups in total. The zero-order chi connectivity index (χ0) is 19.4. The number of hydrogen-bond donors (Lipinski definition) is 3. The van der Waals surface area contributed by atoms with E-state index < -0.39 is 11.9 Å². The molecule has 0 spiro atoms. The van der Waals surface area contributed by atoms with E-state index >= 15 is 0 Å². The number of aromatic nitrogens is 3. The fourth-order valence-corrected chi connectivity index (χ4v) is 2.89. The maximum absolute atomic E-state index is 12.5. The summed E-state index contributed by atoms with van der Waals surface area (Å²) < 4.78 is 2.12. The lowest BCUT2D eigenvalue weighted by molar-refractivity contribution is -0.124. The number of benzene rings is 1. The van der Waals surface area contributed by atoms with Crippen molar-refractivity contribution < 1.29 is 9.59 Å². The molecular formula is C16H19Cl2N5O2S. The van der Waals surface area contributed by atoms with Crippen molar-refractivity contribution >= 4 is 47.2 Å². The van der Waals surface area contributed by atoms with Gasteiger partial charge in [-0.15, -0.1) is 0 Å². The summed E-state index contributed by atoms with van der Waals surface area (Å²) >= 11 is 16.9. The number of carbonyl (C=O) groups is 2. The van der Waals surface area contributed by atoms with Crippen LogP contribution in [0.3, 0.4) is 0 Å². The Hall–Kier alpha value is -1.90. The molecule has 2 rings (SSSR count). The van der Waals surface area contributed by atoms with Crippen molar-refractivity contribution in [2.45, 2.75) is 26.4 Å². The third-order valence-electron chi connectivity index (χ3n) is 3.80. The molecule has 1 atom stereocenters. The van der Waals surface area contributed by atoms with Gasteiger partial charge in [-0.2, -0.15) is 5.10 Å². The summed E-state index contributed by atoms with van der Waals surface area (Å²) in [5.74, 6) is -0.323. The number of H-pyrrole nitrogens is 1. The van der Waals surface area contributed by atoms with Crippen molar-refractivity contribution in [3.63, 3.8) is 0 Å². The van der Waals surface area contributed by atoms with Gasteiger partial charge in [0, 0.05) is 12.1 Å². The molecule has 7 nitrogen and oxygen atoms in total. The maximum Gasteiger partial charge on any atom is 0.253 e. The maximum atomic E-state index is 12.5. The van der Waals surface area contributed by atoms with Gasteiger partial charge >= 0.3 is 0 Å². The number of carbonyl (C=O) groups excluding carboxylic acids is 2. The molecule has 0 saturated heterocycles. The first kappa shape index (κ1) is 20.4. The largest absolute Gasteiger partial charge is 0.347 e. The second-order valence-corrected chi connectivity index (χ2v) is 7.27. The standard InChI is InChI=1S/C16H19Cl2N5O2S/c1-8(2)13(15(25)19-7-12-21-22-16(26)23(12)3)20-14(24)10-5-4-9(17)6-11(10)18/h4-6,8,13H,7H2,1-3H3,(H,19,25)(H,20,24)(H,22,26). The Bertz CT molecular complexity index is 878. The molecule has 140 valence electrons. The fourth-order valence-electron chi connectivity index (χ4n) is 2.24. The molecular weight excluding hydrogens is 397 g/mol. The molecule has 1 unspecified atom stereocenters. The third-order valence-corrected chi connectivity index (χ3v) is 4.72. The summed E-state index contributed by atoms with van der Waals surface area (Å²) in [4.78, 5) is 25.0. The number of amides is 2. The predicted octanol–water partition coefficient (Wildman–Crippen LogP) is 2.86. The quantitative estimate of drug-likeness (QED) is 0.632. The van der Waals surface area contributed by atoms with Crippen LogP contribution >= 0.6 is 35.4 Å². The van der Waals surface area contributed by atoms with Crippen LogP contribution in [0.5, 0.6) is 0 Å². The van der Waals surface area contributed by atoms with Crippen LogP contribution in [-0.4, -0.2) is 32.6 Å². The molecule has 0 radical (unpaired) electrons. The SMILES string of the molecule is CC(C)C(NC(=O)c1ccc(Cl)cc1Cl)C(=O)NCc1n[nH]c(=S)n1C. The molecule has 10 heteroatoms. The number of nitrogens with zero attached hydrogens (tertiary/aromatic N) is 2. The normalized spacial score (nSPS) is 12.1. The molecule has 0 bridgehead atoms.